The van der Waals surface area contributed by atoms with E-state index in [0.717, 1.165) is 25.2 Å². The minimum Gasteiger partial charge on any atom is -0.475 e. The number of aromatic nitrogens is 2. The summed E-state index contributed by atoms with van der Waals surface area (Å²) >= 11 is 0. The first-order chi connectivity index (χ1) is 12.0. The summed E-state index contributed by atoms with van der Waals surface area (Å²) in [5.41, 5.74) is 5.86. The second-order valence-electron chi connectivity index (χ2n) is 6.95. The molecule has 1 amide bonds. The molecule has 25 heavy (non-hydrogen) atoms. The lowest BCUT2D eigenvalue weighted by atomic mass is 9.94. The largest absolute Gasteiger partial charge is 0.475 e. The molecule has 0 aromatic carbocycles. The highest BCUT2D eigenvalue weighted by molar-refractivity contribution is 5.81. The molecule has 3 aliphatic heterocycles. The van der Waals surface area contributed by atoms with Crippen molar-refractivity contribution in [2.24, 2.45) is 5.92 Å². The van der Waals surface area contributed by atoms with Gasteiger partial charge in [-0.2, -0.15) is 9.97 Å². The van der Waals surface area contributed by atoms with Gasteiger partial charge < -0.3 is 25.0 Å². The second-order valence-corrected chi connectivity index (χ2v) is 6.95. The van der Waals surface area contributed by atoms with E-state index >= 15 is 0 Å². The normalized spacial score (nSPS) is 23.3. The fourth-order valence-corrected chi connectivity index (χ4v) is 3.61. The van der Waals surface area contributed by atoms with Crippen LogP contribution >= 0.6 is 0 Å². The van der Waals surface area contributed by atoms with Gasteiger partial charge in [-0.1, -0.05) is 0 Å². The van der Waals surface area contributed by atoms with Gasteiger partial charge in [0.15, 0.2) is 0 Å². The number of hydrogen-bond donors (Lipinski definition) is 1. The molecule has 8 nitrogen and oxygen atoms in total. The van der Waals surface area contributed by atoms with Gasteiger partial charge in [-0.15, -0.1) is 0 Å². The van der Waals surface area contributed by atoms with Gasteiger partial charge in [-0.25, -0.2) is 0 Å². The number of carbonyl (C=O) groups excluding carboxylic acids is 1. The molecular formula is C17H27N5O3. The molecule has 0 radical (unpaired) electrons. The number of methoxy groups -OCH3 is 1. The van der Waals surface area contributed by atoms with Crippen LogP contribution in [-0.4, -0.2) is 66.3 Å². The van der Waals surface area contributed by atoms with Crippen molar-refractivity contribution >= 4 is 17.7 Å². The number of fused-ring (bicyclic) bond motifs is 4. The van der Waals surface area contributed by atoms with Crippen molar-refractivity contribution in [1.82, 2.24) is 14.9 Å². The van der Waals surface area contributed by atoms with Gasteiger partial charge in [0, 0.05) is 38.9 Å². The van der Waals surface area contributed by atoms with Crippen LogP contribution < -0.4 is 15.4 Å². The van der Waals surface area contributed by atoms with E-state index in [-0.39, 0.29) is 29.9 Å². The number of nitrogen functional groups attached to an aromatic ring is 1. The van der Waals surface area contributed by atoms with Crippen LogP contribution in [0.3, 0.4) is 0 Å². The lowest BCUT2D eigenvalue weighted by Crippen LogP contribution is -2.49. The highest BCUT2D eigenvalue weighted by Crippen LogP contribution is 2.32. The topological polar surface area (TPSA) is 93.8 Å². The van der Waals surface area contributed by atoms with E-state index in [2.05, 4.69) is 14.9 Å². The Kier molecular flexibility index (Phi) is 5.27. The highest BCUT2D eigenvalue weighted by Gasteiger charge is 2.40. The highest BCUT2D eigenvalue weighted by atomic mass is 16.5. The van der Waals surface area contributed by atoms with Crippen molar-refractivity contribution in [2.45, 2.75) is 38.8 Å². The predicted molar refractivity (Wildman–Crippen MR) is 94.5 cm³/mol. The van der Waals surface area contributed by atoms with Gasteiger partial charge in [0.1, 0.15) is 5.82 Å². The Balaban J connectivity index is 1.82. The number of nitrogens with two attached hydrogens (primary N) is 1. The first-order valence-electron chi connectivity index (χ1n) is 8.83. The standard InChI is InChI=1S/C17H27N5O3/c1-11(2)25-15-8-14(19-17(18)20-15)21-9-12-4-5-13(10-21)22(16(12)23)6-7-24-3/h8,11-13H,4-7,9-10H2,1-3H3,(H2,18,19,20)/t12-,13+/m0/s1. The average molecular weight is 349 g/mol. The molecule has 0 saturated carbocycles. The van der Waals surface area contributed by atoms with E-state index in [1.807, 2.05) is 24.8 Å². The lowest BCUT2D eigenvalue weighted by molar-refractivity contribution is -0.140. The Morgan fingerprint density at radius 3 is 2.84 bits per heavy atom. The summed E-state index contributed by atoms with van der Waals surface area (Å²) in [4.78, 5) is 25.3. The maximum atomic E-state index is 12.7. The van der Waals surface area contributed by atoms with Crippen molar-refractivity contribution in [1.29, 1.82) is 0 Å². The van der Waals surface area contributed by atoms with E-state index in [0.29, 0.717) is 25.6 Å². The van der Waals surface area contributed by atoms with Crippen LogP contribution in [0, 0.1) is 5.92 Å². The quantitative estimate of drug-likeness (QED) is 0.816. The zero-order valence-corrected chi connectivity index (χ0v) is 15.1. The smallest absolute Gasteiger partial charge is 0.227 e. The maximum Gasteiger partial charge on any atom is 0.227 e. The first kappa shape index (κ1) is 17.7. The lowest BCUT2D eigenvalue weighted by Gasteiger charge is -2.35. The number of carbonyl (C=O) groups is 1. The third kappa shape index (κ3) is 3.95. The summed E-state index contributed by atoms with van der Waals surface area (Å²) in [7, 11) is 1.66. The molecule has 0 unspecified atom stereocenters. The number of ether oxygens (including phenoxy) is 2. The van der Waals surface area contributed by atoms with Crippen LogP contribution in [0.2, 0.25) is 0 Å². The zero-order valence-electron chi connectivity index (χ0n) is 15.1. The molecule has 4 rings (SSSR count). The molecule has 1 aromatic rings. The van der Waals surface area contributed by atoms with E-state index < -0.39 is 0 Å². The summed E-state index contributed by atoms with van der Waals surface area (Å²) in [6, 6.07) is 1.98. The SMILES string of the molecule is COCCN1C(=O)[C@H]2CC[C@@H]1CN(c1cc(OC(C)C)nc(N)n1)C2. The van der Waals surface area contributed by atoms with Crippen molar-refractivity contribution in [3.05, 3.63) is 6.07 Å². The average Bonchev–Trinajstić information content (AvgIpc) is 2.83. The Labute approximate surface area is 148 Å². The Morgan fingerprint density at radius 2 is 2.12 bits per heavy atom. The first-order valence-corrected chi connectivity index (χ1v) is 8.83. The van der Waals surface area contributed by atoms with Gasteiger partial charge in [-0.3, -0.25) is 4.79 Å². The van der Waals surface area contributed by atoms with Crippen molar-refractivity contribution < 1.29 is 14.3 Å². The summed E-state index contributed by atoms with van der Waals surface area (Å²) in [6.45, 7) is 6.46. The van der Waals surface area contributed by atoms with Crippen molar-refractivity contribution in [2.75, 3.05) is 44.0 Å². The molecule has 1 aromatic heterocycles. The summed E-state index contributed by atoms with van der Waals surface area (Å²) in [5, 5.41) is 0. The Hall–Kier alpha value is -2.09. The van der Waals surface area contributed by atoms with Gasteiger partial charge in [-0.05, 0) is 26.7 Å². The third-order valence-electron chi connectivity index (χ3n) is 4.72. The second kappa shape index (κ2) is 7.43. The molecule has 3 aliphatic rings. The molecule has 0 spiro atoms. The van der Waals surface area contributed by atoms with E-state index in [4.69, 9.17) is 15.2 Å². The van der Waals surface area contributed by atoms with Gasteiger partial charge in [0.05, 0.1) is 18.6 Å². The molecule has 2 bridgehead atoms. The van der Waals surface area contributed by atoms with Gasteiger partial charge in [0.25, 0.3) is 0 Å². The molecule has 3 saturated heterocycles. The maximum absolute atomic E-state index is 12.7. The molecule has 2 atom stereocenters. The Bertz CT molecular complexity index is 624. The third-order valence-corrected chi connectivity index (χ3v) is 4.72. The predicted octanol–water partition coefficient (Wildman–Crippen LogP) is 0.920. The molecule has 8 heteroatoms. The molecular weight excluding hydrogens is 322 g/mol. The molecule has 138 valence electrons. The summed E-state index contributed by atoms with van der Waals surface area (Å²) in [6.07, 6.45) is 1.93. The van der Waals surface area contributed by atoms with Gasteiger partial charge >= 0.3 is 0 Å². The van der Waals surface area contributed by atoms with Crippen LogP contribution in [0.15, 0.2) is 6.07 Å². The number of nitrogens with zero attached hydrogens (tertiary/aromatic N) is 4. The minimum absolute atomic E-state index is 0.00794. The van der Waals surface area contributed by atoms with Crippen LogP contribution in [0.1, 0.15) is 26.7 Å². The van der Waals surface area contributed by atoms with Crippen LogP contribution in [0.4, 0.5) is 11.8 Å². The zero-order chi connectivity index (χ0) is 18.0. The van der Waals surface area contributed by atoms with Crippen LogP contribution in [0.25, 0.3) is 0 Å². The van der Waals surface area contributed by atoms with Crippen LogP contribution in [0.5, 0.6) is 5.88 Å². The number of anilines is 2. The monoisotopic (exact) mass is 349 g/mol. The van der Waals surface area contributed by atoms with E-state index in [1.54, 1.807) is 7.11 Å². The van der Waals surface area contributed by atoms with E-state index in [1.165, 1.54) is 0 Å². The summed E-state index contributed by atoms with van der Waals surface area (Å²) < 4.78 is 10.8. The van der Waals surface area contributed by atoms with Crippen molar-refractivity contribution in [3.63, 3.8) is 0 Å². The fourth-order valence-electron chi connectivity index (χ4n) is 3.61. The molecule has 2 N–H and O–H groups in total. The van der Waals surface area contributed by atoms with E-state index in [9.17, 15) is 4.79 Å². The number of hydrogen-bond acceptors (Lipinski definition) is 7. The molecule has 0 aliphatic carbocycles. The minimum atomic E-state index is -0.0127. The molecule has 3 fully saturated rings. The number of rotatable bonds is 6. The summed E-state index contributed by atoms with van der Waals surface area (Å²) in [5.74, 6) is 1.59. The van der Waals surface area contributed by atoms with Crippen molar-refractivity contribution in [3.8, 4) is 5.88 Å². The van der Waals surface area contributed by atoms with Gasteiger partial charge in [0.2, 0.25) is 17.7 Å². The van der Waals surface area contributed by atoms with Crippen LogP contribution in [-0.2, 0) is 9.53 Å². The molecule has 4 heterocycles. The number of amides is 1. The number of piperidine rings is 1. The Morgan fingerprint density at radius 1 is 1.32 bits per heavy atom. The fraction of sp³-hybridized carbons (Fsp3) is 0.706.